The number of aryl methyl sites for hydroxylation is 2. The van der Waals surface area contributed by atoms with Crippen LogP contribution in [0.3, 0.4) is 0 Å². The first-order valence-electron chi connectivity index (χ1n) is 6.94. The van der Waals surface area contributed by atoms with Crippen LogP contribution in [-0.4, -0.2) is 14.7 Å². The van der Waals surface area contributed by atoms with Crippen LogP contribution in [0.1, 0.15) is 50.7 Å². The summed E-state index contributed by atoms with van der Waals surface area (Å²) in [4.78, 5) is 27.2. The van der Waals surface area contributed by atoms with Gasteiger partial charge in [-0.2, -0.15) is 0 Å². The Balaban J connectivity index is 2.88. The van der Waals surface area contributed by atoms with E-state index in [1.807, 2.05) is 12.1 Å². The third kappa shape index (κ3) is 6.35. The van der Waals surface area contributed by atoms with Gasteiger partial charge >= 0.3 is 115 Å². The van der Waals surface area contributed by atoms with E-state index in [0.717, 1.165) is 44.1 Å². The van der Waals surface area contributed by atoms with Gasteiger partial charge in [0, 0.05) is 0 Å². The van der Waals surface area contributed by atoms with Crippen molar-refractivity contribution >= 4 is 8.17 Å². The van der Waals surface area contributed by atoms with Crippen molar-refractivity contribution in [1.82, 2.24) is 0 Å². The second-order valence-corrected chi connectivity index (χ2v) is 6.18. The van der Waals surface area contributed by atoms with Crippen LogP contribution in [0.5, 0.6) is 5.75 Å². The molecule has 4 nitrogen and oxygen atoms in total. The van der Waals surface area contributed by atoms with E-state index in [1.54, 1.807) is 6.07 Å². The molecule has 3 N–H and O–H groups in total. The van der Waals surface area contributed by atoms with Crippen LogP contribution in [0.25, 0.3) is 0 Å². The summed E-state index contributed by atoms with van der Waals surface area (Å²) in [5.41, 5.74) is 2.16. The minimum atomic E-state index is -4.51. The predicted molar refractivity (Wildman–Crippen MR) is 79.3 cm³/mol. The minimum absolute atomic E-state index is 0.382. The van der Waals surface area contributed by atoms with Crippen molar-refractivity contribution in [2.45, 2.75) is 52.4 Å². The van der Waals surface area contributed by atoms with Gasteiger partial charge in [-0.1, -0.05) is 0 Å². The van der Waals surface area contributed by atoms with Crippen LogP contribution in [0, 0.1) is 0 Å². The van der Waals surface area contributed by atoms with E-state index >= 15 is 0 Å². The quantitative estimate of drug-likeness (QED) is 0.643. The third-order valence-electron chi connectivity index (χ3n) is 2.99. The Morgan fingerprint density at radius 3 is 2.21 bits per heavy atom. The van der Waals surface area contributed by atoms with E-state index in [4.69, 9.17) is 19.2 Å². The van der Waals surface area contributed by atoms with Gasteiger partial charge in [-0.25, -0.2) is 0 Å². The van der Waals surface area contributed by atoms with E-state index in [2.05, 4.69) is 13.8 Å². The van der Waals surface area contributed by atoms with Gasteiger partial charge in [-0.05, 0) is 0 Å². The van der Waals surface area contributed by atoms with E-state index in [0.29, 0.717) is 5.75 Å². The summed E-state index contributed by atoms with van der Waals surface area (Å²) in [7, 11) is -4.51. The van der Waals surface area contributed by atoms with E-state index < -0.39 is 8.17 Å². The Morgan fingerprint density at radius 2 is 1.63 bits per heavy atom. The molecule has 19 heavy (non-hydrogen) atoms. The van der Waals surface area contributed by atoms with Crippen LogP contribution in [0.2, 0.25) is 0 Å². The van der Waals surface area contributed by atoms with Crippen LogP contribution >= 0.6 is 8.17 Å². The summed E-state index contributed by atoms with van der Waals surface area (Å²) >= 11 is 0. The van der Waals surface area contributed by atoms with Gasteiger partial charge in [0.25, 0.3) is 0 Å². The number of hydrogen-bond donors (Lipinski definition) is 3. The van der Waals surface area contributed by atoms with Gasteiger partial charge < -0.3 is 0 Å². The Labute approximate surface area is 115 Å². The summed E-state index contributed by atoms with van der Waals surface area (Å²) in [6.07, 6.45) is 6.16. The van der Waals surface area contributed by atoms with Crippen LogP contribution in [-0.2, 0) is 12.8 Å². The summed E-state index contributed by atoms with van der Waals surface area (Å²) in [5, 5.41) is 0. The zero-order chi connectivity index (χ0) is 14.3. The maximum absolute atomic E-state index is 9.06. The van der Waals surface area contributed by atoms with Crippen LogP contribution in [0.15, 0.2) is 18.2 Å². The van der Waals surface area contributed by atoms with Crippen LogP contribution in [0.4, 0.5) is 0 Å². The molecule has 0 aromatic heterocycles. The fourth-order valence-corrected chi connectivity index (χ4v) is 2.47. The summed E-state index contributed by atoms with van der Waals surface area (Å²) in [6, 6.07) is 5.68. The van der Waals surface area contributed by atoms with E-state index in [9.17, 15) is 0 Å². The second-order valence-electron chi connectivity index (χ2n) is 4.83. The number of rotatable bonds is 8. The molecule has 0 spiro atoms. The molecule has 1 aromatic rings. The predicted octanol–water partition coefficient (Wildman–Crippen LogP) is 3.14. The molecule has 0 amide bonds. The van der Waals surface area contributed by atoms with Gasteiger partial charge in [0.05, 0.1) is 0 Å². The van der Waals surface area contributed by atoms with Gasteiger partial charge in [-0.3, -0.25) is 0 Å². The average Bonchev–Trinajstić information content (AvgIpc) is 2.34. The monoisotopic (exact) mass is 288 g/mol. The molecule has 5 heteroatoms. The SMILES string of the molecule is CCCCc1ccc(O[PH](O)(O)O)c(CCCC)c1. The summed E-state index contributed by atoms with van der Waals surface area (Å²) < 4.78 is 4.89. The van der Waals surface area contributed by atoms with Crippen molar-refractivity contribution in [3.05, 3.63) is 29.3 Å². The fourth-order valence-electron chi connectivity index (χ4n) is 1.98. The standard InChI is InChI=1S/C14H25O4P/c1-3-5-7-12-9-10-14(18-19(15,16)17)13(11-12)8-6-4-2/h9-11,15-17,19H,3-8H2,1-2H3. The first kappa shape index (κ1) is 16.4. The molecule has 110 valence electrons. The Kier molecular flexibility index (Phi) is 6.73. The molecule has 0 unspecified atom stereocenters. The molecule has 0 fully saturated rings. The molecule has 0 heterocycles. The van der Waals surface area contributed by atoms with Gasteiger partial charge in [0.1, 0.15) is 0 Å². The molecule has 0 saturated carbocycles. The number of unbranched alkanes of at least 4 members (excludes halogenated alkanes) is 2. The first-order valence-corrected chi connectivity index (χ1v) is 8.69. The van der Waals surface area contributed by atoms with Crippen molar-refractivity contribution in [2.24, 2.45) is 0 Å². The molecule has 0 atom stereocenters. The van der Waals surface area contributed by atoms with Crippen molar-refractivity contribution in [1.29, 1.82) is 0 Å². The average molecular weight is 288 g/mol. The molecule has 0 bridgehead atoms. The molecular formula is C14H25O4P. The van der Waals surface area contributed by atoms with Gasteiger partial charge in [-0.15, -0.1) is 0 Å². The maximum atomic E-state index is 9.06. The van der Waals surface area contributed by atoms with Crippen molar-refractivity contribution in [2.75, 3.05) is 0 Å². The molecule has 0 aliphatic carbocycles. The summed E-state index contributed by atoms with van der Waals surface area (Å²) in [6.45, 7) is 4.25. The van der Waals surface area contributed by atoms with Gasteiger partial charge in [0.2, 0.25) is 0 Å². The first-order chi connectivity index (χ1) is 8.96. The normalized spacial score (nSPS) is 12.5. The van der Waals surface area contributed by atoms with Crippen molar-refractivity contribution in [3.63, 3.8) is 0 Å². The molecule has 0 radical (unpaired) electrons. The molecular weight excluding hydrogens is 263 g/mol. The fraction of sp³-hybridized carbons (Fsp3) is 0.571. The number of benzene rings is 1. The number of hydrogen-bond acceptors (Lipinski definition) is 4. The molecule has 1 aromatic carbocycles. The van der Waals surface area contributed by atoms with Crippen LogP contribution < -0.4 is 4.52 Å². The summed E-state index contributed by atoms with van der Waals surface area (Å²) in [5.74, 6) is 0.382. The second kappa shape index (κ2) is 7.81. The molecule has 0 aliphatic rings. The van der Waals surface area contributed by atoms with Crippen molar-refractivity contribution < 1.29 is 19.2 Å². The van der Waals surface area contributed by atoms with Gasteiger partial charge in [0.15, 0.2) is 0 Å². The Bertz CT molecular complexity index is 388. The Hall–Kier alpha value is -0.670. The molecule has 1 rings (SSSR count). The third-order valence-corrected chi connectivity index (χ3v) is 3.48. The van der Waals surface area contributed by atoms with Crippen molar-refractivity contribution in [3.8, 4) is 5.75 Å². The van der Waals surface area contributed by atoms with E-state index in [-0.39, 0.29) is 0 Å². The zero-order valence-corrected chi connectivity index (χ0v) is 12.7. The Morgan fingerprint density at radius 1 is 1.00 bits per heavy atom. The topological polar surface area (TPSA) is 69.9 Å². The zero-order valence-electron chi connectivity index (χ0n) is 11.7. The molecule has 0 aliphatic heterocycles. The molecule has 0 saturated heterocycles. The van der Waals surface area contributed by atoms with E-state index in [1.165, 1.54) is 5.56 Å².